The molecule has 4 rings (SSSR count). The number of hydrogen-bond acceptors (Lipinski definition) is 5. The molecule has 0 saturated heterocycles. The fourth-order valence-electron chi connectivity index (χ4n) is 5.28. The Morgan fingerprint density at radius 3 is 2.23 bits per heavy atom. The fraction of sp³-hybridized carbons (Fsp3) is 0.297. The van der Waals surface area contributed by atoms with Gasteiger partial charge < -0.3 is 15.0 Å². The van der Waals surface area contributed by atoms with Gasteiger partial charge in [0.05, 0.1) is 17.7 Å². The molecule has 0 aliphatic heterocycles. The van der Waals surface area contributed by atoms with Crippen LogP contribution in [0.5, 0.6) is 5.75 Å². The summed E-state index contributed by atoms with van der Waals surface area (Å²) in [6.45, 7) is 5.79. The number of unbranched alkanes of at least 4 members (excludes halogenated alkanes) is 1. The highest BCUT2D eigenvalue weighted by Gasteiger charge is 2.35. The molecule has 47 heavy (non-hydrogen) atoms. The molecule has 0 saturated carbocycles. The minimum Gasteiger partial charge on any atom is -0.495 e. The number of carbonyl (C=O) groups is 2. The van der Waals surface area contributed by atoms with Crippen molar-refractivity contribution in [3.63, 3.8) is 0 Å². The first-order valence-electron chi connectivity index (χ1n) is 15.6. The average molecular weight is 676 g/mol. The molecule has 0 unspecified atom stereocenters. The second-order valence-electron chi connectivity index (χ2n) is 11.5. The lowest BCUT2D eigenvalue weighted by Crippen LogP contribution is -2.53. The topological polar surface area (TPSA) is 96.0 Å². The zero-order valence-corrected chi connectivity index (χ0v) is 28.9. The zero-order chi connectivity index (χ0) is 34.0. The number of aryl methyl sites for hydroxylation is 2. The maximum absolute atomic E-state index is 14.7. The van der Waals surface area contributed by atoms with E-state index < -0.39 is 28.5 Å². The van der Waals surface area contributed by atoms with Crippen LogP contribution in [0.15, 0.2) is 102 Å². The Morgan fingerprint density at radius 2 is 1.57 bits per heavy atom. The van der Waals surface area contributed by atoms with Gasteiger partial charge in [0.15, 0.2) is 0 Å². The van der Waals surface area contributed by atoms with Gasteiger partial charge in [0.1, 0.15) is 18.3 Å². The molecule has 4 aromatic carbocycles. The van der Waals surface area contributed by atoms with E-state index in [1.54, 1.807) is 24.3 Å². The highest BCUT2D eigenvalue weighted by atomic mass is 35.5. The molecule has 0 aliphatic rings. The minimum atomic E-state index is -4.30. The highest BCUT2D eigenvalue weighted by Crippen LogP contribution is 2.35. The molecule has 10 heteroatoms. The second-order valence-corrected chi connectivity index (χ2v) is 13.8. The molecule has 8 nitrogen and oxygen atoms in total. The normalized spacial score (nSPS) is 11.9. The summed E-state index contributed by atoms with van der Waals surface area (Å²) in [6, 6.07) is 27.3. The number of benzene rings is 4. The number of methoxy groups -OCH3 is 1. The van der Waals surface area contributed by atoms with Gasteiger partial charge in [-0.2, -0.15) is 0 Å². The Balaban J connectivity index is 1.84. The molecule has 0 radical (unpaired) electrons. The van der Waals surface area contributed by atoms with Crippen molar-refractivity contribution in [2.45, 2.75) is 57.5 Å². The van der Waals surface area contributed by atoms with E-state index in [1.165, 1.54) is 30.2 Å². The fourth-order valence-corrected chi connectivity index (χ4v) is 6.86. The number of hydrogen-bond donors (Lipinski definition) is 1. The van der Waals surface area contributed by atoms with Crippen LogP contribution in [0.25, 0.3) is 0 Å². The summed E-state index contributed by atoms with van der Waals surface area (Å²) in [5, 5.41) is 3.28. The quantitative estimate of drug-likeness (QED) is 0.141. The highest BCUT2D eigenvalue weighted by molar-refractivity contribution is 7.92. The Hall–Kier alpha value is -4.34. The molecule has 0 aliphatic carbocycles. The molecule has 0 bridgehead atoms. The Kier molecular flexibility index (Phi) is 12.4. The molecule has 4 aromatic rings. The molecular weight excluding hydrogens is 634 g/mol. The lowest BCUT2D eigenvalue weighted by Gasteiger charge is -2.34. The maximum Gasteiger partial charge on any atom is 0.264 e. The van der Waals surface area contributed by atoms with Crippen molar-refractivity contribution < 1.29 is 22.7 Å². The van der Waals surface area contributed by atoms with Crippen molar-refractivity contribution in [2.75, 3.05) is 24.5 Å². The van der Waals surface area contributed by atoms with Gasteiger partial charge in [0.25, 0.3) is 10.0 Å². The zero-order valence-electron chi connectivity index (χ0n) is 27.3. The molecule has 0 heterocycles. The third-order valence-electron chi connectivity index (χ3n) is 7.83. The van der Waals surface area contributed by atoms with E-state index in [4.69, 9.17) is 16.3 Å². The summed E-state index contributed by atoms with van der Waals surface area (Å²) in [4.78, 5) is 30.1. The number of rotatable bonds is 15. The first kappa shape index (κ1) is 35.5. The first-order chi connectivity index (χ1) is 22.5. The van der Waals surface area contributed by atoms with Crippen LogP contribution in [-0.4, -0.2) is 51.4 Å². The predicted octanol–water partition coefficient (Wildman–Crippen LogP) is 6.72. The largest absolute Gasteiger partial charge is 0.495 e. The van der Waals surface area contributed by atoms with Crippen molar-refractivity contribution in [2.24, 2.45) is 0 Å². The van der Waals surface area contributed by atoms with Crippen LogP contribution < -0.4 is 14.4 Å². The predicted molar refractivity (Wildman–Crippen MR) is 187 cm³/mol. The van der Waals surface area contributed by atoms with E-state index >= 15 is 0 Å². The van der Waals surface area contributed by atoms with E-state index in [0.717, 1.165) is 39.4 Å². The molecule has 248 valence electrons. The van der Waals surface area contributed by atoms with Gasteiger partial charge in [-0.05, 0) is 61.7 Å². The first-order valence-corrected chi connectivity index (χ1v) is 17.4. The summed E-state index contributed by atoms with van der Waals surface area (Å²) < 4.78 is 35.2. The molecule has 0 spiro atoms. The minimum absolute atomic E-state index is 0.00121. The molecule has 0 aromatic heterocycles. The standard InChI is InChI=1S/C37H42ClN3O5S/c1-5-6-21-39-37(43)34(23-29-12-8-7-9-13-29)40(25-30-14-10-11-28(3)22-30)36(42)26-41(33-24-31(38)17-20-35(33)46-4)47(44,45)32-18-15-27(2)16-19-32/h7-20,22,24,34H,5-6,21,23,25-26H2,1-4H3,(H,39,43)/t34-/m0/s1. The maximum atomic E-state index is 14.7. The van der Waals surface area contributed by atoms with E-state index in [0.29, 0.717) is 6.54 Å². The lowest BCUT2D eigenvalue weighted by atomic mass is 10.0. The Labute approximate surface area is 283 Å². The molecule has 1 N–H and O–H groups in total. The van der Waals surface area contributed by atoms with Crippen LogP contribution in [0, 0.1) is 13.8 Å². The van der Waals surface area contributed by atoms with Gasteiger partial charge in [-0.15, -0.1) is 0 Å². The molecule has 0 fully saturated rings. The average Bonchev–Trinajstić information content (AvgIpc) is 3.05. The van der Waals surface area contributed by atoms with Crippen LogP contribution in [0.1, 0.15) is 42.0 Å². The number of sulfonamides is 1. The van der Waals surface area contributed by atoms with Crippen molar-refractivity contribution in [1.82, 2.24) is 10.2 Å². The van der Waals surface area contributed by atoms with Crippen molar-refractivity contribution in [3.05, 3.63) is 124 Å². The number of carbonyl (C=O) groups excluding carboxylic acids is 2. The van der Waals surface area contributed by atoms with Crippen LogP contribution in [0.4, 0.5) is 5.69 Å². The van der Waals surface area contributed by atoms with Crippen molar-refractivity contribution in [3.8, 4) is 5.75 Å². The summed E-state index contributed by atoms with van der Waals surface area (Å²) in [5.74, 6) is -0.645. The van der Waals surface area contributed by atoms with Crippen LogP contribution in [0.3, 0.4) is 0 Å². The number of nitrogens with one attached hydrogen (secondary N) is 1. The monoisotopic (exact) mass is 675 g/mol. The molecular formula is C37H42ClN3O5S. The van der Waals surface area contributed by atoms with Crippen LogP contribution >= 0.6 is 11.6 Å². The lowest BCUT2D eigenvalue weighted by molar-refractivity contribution is -0.140. The van der Waals surface area contributed by atoms with Gasteiger partial charge in [-0.3, -0.25) is 13.9 Å². The summed E-state index contributed by atoms with van der Waals surface area (Å²) in [6.07, 6.45) is 1.91. The molecule has 1 atom stereocenters. The van der Waals surface area contributed by atoms with E-state index in [9.17, 15) is 18.0 Å². The number of halogens is 1. The van der Waals surface area contributed by atoms with Crippen LogP contribution in [-0.2, 0) is 32.6 Å². The van der Waals surface area contributed by atoms with Gasteiger partial charge >= 0.3 is 0 Å². The van der Waals surface area contributed by atoms with Crippen LogP contribution in [0.2, 0.25) is 5.02 Å². The Bertz CT molecular complexity index is 1760. The molecule has 2 amide bonds. The SMILES string of the molecule is CCCCNC(=O)[C@H](Cc1ccccc1)N(Cc1cccc(C)c1)C(=O)CN(c1cc(Cl)ccc1OC)S(=O)(=O)c1ccc(C)cc1. The summed E-state index contributed by atoms with van der Waals surface area (Å²) in [7, 11) is -2.88. The second kappa shape index (κ2) is 16.5. The number of ether oxygens (including phenoxy) is 1. The van der Waals surface area contributed by atoms with Gasteiger partial charge in [0, 0.05) is 24.5 Å². The third-order valence-corrected chi connectivity index (χ3v) is 9.84. The van der Waals surface area contributed by atoms with Gasteiger partial charge in [-0.25, -0.2) is 8.42 Å². The van der Waals surface area contributed by atoms with Gasteiger partial charge in [-0.1, -0.05) is 103 Å². The van der Waals surface area contributed by atoms with Crippen molar-refractivity contribution in [1.29, 1.82) is 0 Å². The summed E-state index contributed by atoms with van der Waals surface area (Å²) in [5.41, 5.74) is 3.66. The smallest absolute Gasteiger partial charge is 0.264 e. The van der Waals surface area contributed by atoms with Crippen molar-refractivity contribution >= 4 is 39.1 Å². The third kappa shape index (κ3) is 9.36. The van der Waals surface area contributed by atoms with E-state index in [-0.39, 0.29) is 40.2 Å². The van der Waals surface area contributed by atoms with E-state index in [1.807, 2.05) is 75.4 Å². The van der Waals surface area contributed by atoms with E-state index in [2.05, 4.69) is 5.32 Å². The Morgan fingerprint density at radius 1 is 0.872 bits per heavy atom. The van der Waals surface area contributed by atoms with Gasteiger partial charge in [0.2, 0.25) is 11.8 Å². The number of amides is 2. The number of nitrogens with zero attached hydrogens (tertiary/aromatic N) is 2. The summed E-state index contributed by atoms with van der Waals surface area (Å²) >= 11 is 6.37. The number of anilines is 1.